The first-order valence-electron chi connectivity index (χ1n) is 5.69. The van der Waals surface area contributed by atoms with E-state index in [9.17, 15) is 9.18 Å². The van der Waals surface area contributed by atoms with Crippen LogP contribution in [0.25, 0.3) is 11.4 Å². The fraction of sp³-hybridized carbons (Fsp3) is 0.333. The van der Waals surface area contributed by atoms with Crippen LogP contribution in [0.15, 0.2) is 16.7 Å². The molecule has 0 aliphatic rings. The second kappa shape index (κ2) is 5.55. The third kappa shape index (κ3) is 2.59. The Balaban J connectivity index is 2.48. The van der Waals surface area contributed by atoms with E-state index < -0.39 is 12.6 Å². The zero-order chi connectivity index (χ0) is 13.8. The summed E-state index contributed by atoms with van der Waals surface area (Å²) in [6.07, 6.45) is 0. The van der Waals surface area contributed by atoms with Crippen LogP contribution in [0.4, 0.5) is 4.39 Å². The molecular formula is C12H12FN3O3. The zero-order valence-electron chi connectivity index (χ0n) is 10.5. The minimum Gasteiger partial charge on any atom is -0.462 e. The van der Waals surface area contributed by atoms with Crippen molar-refractivity contribution in [3.8, 4) is 11.4 Å². The van der Waals surface area contributed by atoms with Gasteiger partial charge in [-0.25, -0.2) is 9.18 Å². The number of esters is 1. The van der Waals surface area contributed by atoms with E-state index >= 15 is 0 Å². The third-order valence-electron chi connectivity index (χ3n) is 2.40. The van der Waals surface area contributed by atoms with Gasteiger partial charge in [-0.1, -0.05) is 5.16 Å². The van der Waals surface area contributed by atoms with Crippen molar-refractivity contribution in [2.45, 2.75) is 20.5 Å². The summed E-state index contributed by atoms with van der Waals surface area (Å²) in [7, 11) is 0. The highest BCUT2D eigenvalue weighted by atomic mass is 19.1. The van der Waals surface area contributed by atoms with E-state index in [1.165, 1.54) is 0 Å². The summed E-state index contributed by atoms with van der Waals surface area (Å²) in [4.78, 5) is 11.8. The number of carbonyl (C=O) groups excluding carboxylic acids is 1. The van der Waals surface area contributed by atoms with Gasteiger partial charge in [0.1, 0.15) is 17.0 Å². The fourth-order valence-corrected chi connectivity index (χ4v) is 1.53. The molecule has 0 bridgehead atoms. The molecule has 100 valence electrons. The molecule has 0 atom stereocenters. The van der Waals surface area contributed by atoms with E-state index in [0.717, 1.165) is 5.69 Å². The predicted molar refractivity (Wildman–Crippen MR) is 63.0 cm³/mol. The lowest BCUT2D eigenvalue weighted by Crippen LogP contribution is -2.08. The highest BCUT2D eigenvalue weighted by Gasteiger charge is 2.25. The van der Waals surface area contributed by atoms with Crippen molar-refractivity contribution in [1.29, 1.82) is 0 Å². The molecular weight excluding hydrogens is 253 g/mol. The molecule has 2 aromatic heterocycles. The summed E-state index contributed by atoms with van der Waals surface area (Å²) < 4.78 is 22.5. The largest absolute Gasteiger partial charge is 0.462 e. The summed E-state index contributed by atoms with van der Waals surface area (Å²) in [5, 5.41) is 11.4. The number of alkyl halides is 1. The summed E-state index contributed by atoms with van der Waals surface area (Å²) in [6.45, 7) is 2.67. The molecule has 0 saturated heterocycles. The van der Waals surface area contributed by atoms with Crippen molar-refractivity contribution in [2.75, 3.05) is 6.61 Å². The van der Waals surface area contributed by atoms with Crippen LogP contribution >= 0.6 is 0 Å². The number of aromatic nitrogens is 3. The SMILES string of the molecule is CCOC(=O)c1c(-c2ccc(C)nn2)noc1CF. The Kier molecular flexibility index (Phi) is 3.84. The molecule has 0 N–H and O–H groups in total. The lowest BCUT2D eigenvalue weighted by molar-refractivity contribution is 0.0523. The molecule has 0 unspecified atom stereocenters. The highest BCUT2D eigenvalue weighted by molar-refractivity contribution is 5.96. The van der Waals surface area contributed by atoms with Crippen LogP contribution in [-0.4, -0.2) is 27.9 Å². The second-order valence-corrected chi connectivity index (χ2v) is 3.74. The standard InChI is InChI=1S/C12H12FN3O3/c1-3-18-12(17)10-9(6-13)19-16-11(10)8-5-4-7(2)14-15-8/h4-5H,3,6H2,1-2H3. The smallest absolute Gasteiger partial charge is 0.344 e. The van der Waals surface area contributed by atoms with Gasteiger partial charge >= 0.3 is 5.97 Å². The van der Waals surface area contributed by atoms with Crippen molar-refractivity contribution in [3.05, 3.63) is 29.2 Å². The molecule has 0 saturated carbocycles. The van der Waals surface area contributed by atoms with E-state index in [2.05, 4.69) is 15.4 Å². The van der Waals surface area contributed by atoms with Crippen LogP contribution < -0.4 is 0 Å². The quantitative estimate of drug-likeness (QED) is 0.787. The van der Waals surface area contributed by atoms with Gasteiger partial charge in [-0.05, 0) is 26.0 Å². The number of halogens is 1. The number of hydrogen-bond acceptors (Lipinski definition) is 6. The summed E-state index contributed by atoms with van der Waals surface area (Å²) >= 11 is 0. The molecule has 0 aliphatic carbocycles. The number of hydrogen-bond donors (Lipinski definition) is 0. The van der Waals surface area contributed by atoms with Crippen molar-refractivity contribution in [1.82, 2.24) is 15.4 Å². The maximum Gasteiger partial charge on any atom is 0.344 e. The molecule has 0 aromatic carbocycles. The van der Waals surface area contributed by atoms with Gasteiger partial charge in [0, 0.05) is 0 Å². The molecule has 0 spiro atoms. The van der Waals surface area contributed by atoms with Crippen LogP contribution in [0.3, 0.4) is 0 Å². The maximum absolute atomic E-state index is 12.8. The van der Waals surface area contributed by atoms with Gasteiger partial charge in [0.15, 0.2) is 12.4 Å². The molecule has 0 fully saturated rings. The monoisotopic (exact) mass is 265 g/mol. The average Bonchev–Trinajstić information content (AvgIpc) is 2.83. The molecule has 0 aliphatic heterocycles. The fourth-order valence-electron chi connectivity index (χ4n) is 1.53. The first-order valence-corrected chi connectivity index (χ1v) is 5.69. The van der Waals surface area contributed by atoms with E-state index in [4.69, 9.17) is 9.26 Å². The Morgan fingerprint density at radius 3 is 2.79 bits per heavy atom. The third-order valence-corrected chi connectivity index (χ3v) is 2.40. The van der Waals surface area contributed by atoms with E-state index in [-0.39, 0.29) is 23.6 Å². The van der Waals surface area contributed by atoms with E-state index in [0.29, 0.717) is 5.69 Å². The molecule has 2 rings (SSSR count). The lowest BCUT2D eigenvalue weighted by Gasteiger charge is -2.02. The van der Waals surface area contributed by atoms with Gasteiger partial charge in [0.25, 0.3) is 0 Å². The van der Waals surface area contributed by atoms with Crippen molar-refractivity contribution < 1.29 is 18.4 Å². The van der Waals surface area contributed by atoms with Gasteiger partial charge in [0.05, 0.1) is 12.3 Å². The first-order chi connectivity index (χ1) is 9.17. The Morgan fingerprint density at radius 2 is 2.21 bits per heavy atom. The number of carbonyl (C=O) groups is 1. The van der Waals surface area contributed by atoms with E-state index in [1.54, 1.807) is 26.0 Å². The Hall–Kier alpha value is -2.31. The van der Waals surface area contributed by atoms with Crippen molar-refractivity contribution in [3.63, 3.8) is 0 Å². The molecule has 19 heavy (non-hydrogen) atoms. The number of nitrogens with zero attached hydrogens (tertiary/aromatic N) is 3. The molecule has 2 heterocycles. The van der Waals surface area contributed by atoms with E-state index in [1.807, 2.05) is 0 Å². The van der Waals surface area contributed by atoms with Gasteiger partial charge in [-0.15, -0.1) is 5.10 Å². The lowest BCUT2D eigenvalue weighted by atomic mass is 10.1. The maximum atomic E-state index is 12.8. The Labute approximate surface area is 108 Å². The van der Waals surface area contributed by atoms with Crippen LogP contribution in [0.2, 0.25) is 0 Å². The number of ether oxygens (including phenoxy) is 1. The summed E-state index contributed by atoms with van der Waals surface area (Å²) in [5.41, 5.74) is 1.15. The van der Waals surface area contributed by atoms with Gasteiger partial charge in [-0.3, -0.25) is 0 Å². The Morgan fingerprint density at radius 1 is 1.42 bits per heavy atom. The topological polar surface area (TPSA) is 78.1 Å². The van der Waals surface area contributed by atoms with Crippen LogP contribution in [0, 0.1) is 6.92 Å². The predicted octanol–water partition coefficient (Wildman–Crippen LogP) is 2.09. The minimum absolute atomic E-state index is 0.0393. The van der Waals surface area contributed by atoms with Crippen LogP contribution in [0.1, 0.15) is 28.7 Å². The average molecular weight is 265 g/mol. The van der Waals surface area contributed by atoms with Gasteiger partial charge in [0.2, 0.25) is 0 Å². The van der Waals surface area contributed by atoms with Crippen LogP contribution in [-0.2, 0) is 11.4 Å². The first kappa shape index (κ1) is 13.1. The molecule has 2 aromatic rings. The second-order valence-electron chi connectivity index (χ2n) is 3.74. The highest BCUT2D eigenvalue weighted by Crippen LogP contribution is 2.25. The molecule has 0 amide bonds. The summed E-state index contributed by atoms with van der Waals surface area (Å²) in [6, 6.07) is 3.34. The molecule has 6 nitrogen and oxygen atoms in total. The van der Waals surface area contributed by atoms with Gasteiger partial charge in [-0.2, -0.15) is 5.10 Å². The molecule has 7 heteroatoms. The zero-order valence-corrected chi connectivity index (χ0v) is 10.5. The summed E-state index contributed by atoms with van der Waals surface area (Å²) in [5.74, 6) is -0.857. The molecule has 0 radical (unpaired) electrons. The number of rotatable bonds is 4. The number of aryl methyl sites for hydroxylation is 1. The van der Waals surface area contributed by atoms with Gasteiger partial charge < -0.3 is 9.26 Å². The van der Waals surface area contributed by atoms with Crippen molar-refractivity contribution in [2.24, 2.45) is 0 Å². The minimum atomic E-state index is -0.944. The van der Waals surface area contributed by atoms with Crippen molar-refractivity contribution >= 4 is 5.97 Å². The normalized spacial score (nSPS) is 10.5. The Bertz CT molecular complexity index is 580. The van der Waals surface area contributed by atoms with Crippen LogP contribution in [0.5, 0.6) is 0 Å².